The van der Waals surface area contributed by atoms with Crippen molar-refractivity contribution in [3.8, 4) is 0 Å². The van der Waals surface area contributed by atoms with E-state index in [1.165, 1.54) is 5.56 Å². The second kappa shape index (κ2) is 4.47. The normalized spacial score (nSPS) is 24.5. The van der Waals surface area contributed by atoms with Gasteiger partial charge in [0.15, 0.2) is 0 Å². The summed E-state index contributed by atoms with van der Waals surface area (Å²) < 4.78 is 0. The van der Waals surface area contributed by atoms with E-state index < -0.39 is 5.97 Å². The molecule has 2 nitrogen and oxygen atoms in total. The quantitative estimate of drug-likeness (QED) is 0.818. The third-order valence-electron chi connectivity index (χ3n) is 3.27. The zero-order valence-corrected chi connectivity index (χ0v) is 8.73. The van der Waals surface area contributed by atoms with Gasteiger partial charge < -0.3 is 5.11 Å². The lowest BCUT2D eigenvalue weighted by atomic mass is 9.72. The lowest BCUT2D eigenvalue weighted by molar-refractivity contribution is -0.146. The zero-order chi connectivity index (χ0) is 10.7. The van der Waals surface area contributed by atoms with Crippen molar-refractivity contribution in [1.29, 1.82) is 0 Å². The summed E-state index contributed by atoms with van der Waals surface area (Å²) in [4.78, 5) is 10.6. The molecule has 0 heterocycles. The Morgan fingerprint density at radius 3 is 2.53 bits per heavy atom. The summed E-state index contributed by atoms with van der Waals surface area (Å²) in [6.07, 6.45) is 3.97. The third kappa shape index (κ3) is 2.58. The standard InChI is InChI=1S/C13H16O2/c14-13(15)12-8-11(9-12)7-6-10-4-2-1-3-5-10/h1-5,11-12H,6-9H2,(H,14,15)/t11-,12+. The predicted molar refractivity (Wildman–Crippen MR) is 58.6 cm³/mol. The fraction of sp³-hybridized carbons (Fsp3) is 0.462. The Labute approximate surface area is 89.9 Å². The topological polar surface area (TPSA) is 37.3 Å². The van der Waals surface area contributed by atoms with Gasteiger partial charge in [0, 0.05) is 0 Å². The number of carboxylic acid groups (broad SMARTS) is 1. The van der Waals surface area contributed by atoms with Crippen LogP contribution in [-0.4, -0.2) is 11.1 Å². The molecule has 1 aromatic carbocycles. The number of carbonyl (C=O) groups is 1. The first-order valence-corrected chi connectivity index (χ1v) is 5.52. The van der Waals surface area contributed by atoms with Crippen molar-refractivity contribution in [2.24, 2.45) is 11.8 Å². The van der Waals surface area contributed by atoms with Crippen LogP contribution in [0.1, 0.15) is 24.8 Å². The molecule has 2 rings (SSSR count). The van der Waals surface area contributed by atoms with E-state index in [4.69, 9.17) is 5.11 Å². The Balaban J connectivity index is 1.71. The Hall–Kier alpha value is -1.31. The SMILES string of the molecule is O=C(O)[C@H]1C[C@@H](CCc2ccccc2)C1. The van der Waals surface area contributed by atoms with Crippen LogP contribution >= 0.6 is 0 Å². The number of aliphatic carboxylic acids is 1. The fourth-order valence-electron chi connectivity index (χ4n) is 2.19. The van der Waals surface area contributed by atoms with Crippen molar-refractivity contribution in [2.75, 3.05) is 0 Å². The number of hydrogen-bond acceptors (Lipinski definition) is 1. The van der Waals surface area contributed by atoms with Gasteiger partial charge in [0.1, 0.15) is 0 Å². The van der Waals surface area contributed by atoms with Crippen LogP contribution in [0.5, 0.6) is 0 Å². The molecule has 0 bridgehead atoms. The number of benzene rings is 1. The number of carboxylic acids is 1. The molecular weight excluding hydrogens is 188 g/mol. The van der Waals surface area contributed by atoms with Gasteiger partial charge in [0.25, 0.3) is 0 Å². The Morgan fingerprint density at radius 2 is 1.93 bits per heavy atom. The molecule has 15 heavy (non-hydrogen) atoms. The molecule has 1 aromatic rings. The molecule has 0 atom stereocenters. The van der Waals surface area contributed by atoms with Crippen LogP contribution in [0.25, 0.3) is 0 Å². The number of rotatable bonds is 4. The molecule has 0 spiro atoms. The van der Waals surface area contributed by atoms with E-state index in [-0.39, 0.29) is 5.92 Å². The molecule has 2 heteroatoms. The highest BCUT2D eigenvalue weighted by molar-refractivity contribution is 5.71. The van der Waals surface area contributed by atoms with Crippen LogP contribution in [0.15, 0.2) is 30.3 Å². The van der Waals surface area contributed by atoms with E-state index in [0.29, 0.717) is 5.92 Å². The molecule has 0 radical (unpaired) electrons. The van der Waals surface area contributed by atoms with Gasteiger partial charge in [0.05, 0.1) is 5.92 Å². The molecule has 1 N–H and O–H groups in total. The molecule has 0 unspecified atom stereocenters. The molecule has 1 saturated carbocycles. The second-order valence-corrected chi connectivity index (χ2v) is 4.40. The highest BCUT2D eigenvalue weighted by atomic mass is 16.4. The molecule has 0 aromatic heterocycles. The van der Waals surface area contributed by atoms with E-state index in [1.807, 2.05) is 6.07 Å². The monoisotopic (exact) mass is 204 g/mol. The summed E-state index contributed by atoms with van der Waals surface area (Å²) in [6, 6.07) is 10.4. The smallest absolute Gasteiger partial charge is 0.306 e. The summed E-state index contributed by atoms with van der Waals surface area (Å²) >= 11 is 0. The minimum Gasteiger partial charge on any atom is -0.481 e. The van der Waals surface area contributed by atoms with E-state index >= 15 is 0 Å². The maximum absolute atomic E-state index is 10.6. The Bertz CT molecular complexity index is 326. The summed E-state index contributed by atoms with van der Waals surface area (Å²) in [5.74, 6) is -0.0527. The van der Waals surface area contributed by atoms with Crippen molar-refractivity contribution in [1.82, 2.24) is 0 Å². The lowest BCUT2D eigenvalue weighted by Gasteiger charge is -2.32. The van der Waals surface area contributed by atoms with E-state index in [2.05, 4.69) is 24.3 Å². The predicted octanol–water partition coefficient (Wildman–Crippen LogP) is 2.73. The van der Waals surface area contributed by atoms with Gasteiger partial charge in [-0.3, -0.25) is 4.79 Å². The highest BCUT2D eigenvalue weighted by Crippen LogP contribution is 2.36. The first-order valence-electron chi connectivity index (χ1n) is 5.52. The number of aryl methyl sites for hydroxylation is 1. The van der Waals surface area contributed by atoms with Gasteiger partial charge in [0.2, 0.25) is 0 Å². The molecule has 0 saturated heterocycles. The minimum atomic E-state index is -0.619. The lowest BCUT2D eigenvalue weighted by Crippen LogP contribution is -2.30. The average molecular weight is 204 g/mol. The van der Waals surface area contributed by atoms with Gasteiger partial charge >= 0.3 is 5.97 Å². The van der Waals surface area contributed by atoms with Crippen molar-refractivity contribution >= 4 is 5.97 Å². The van der Waals surface area contributed by atoms with Crippen LogP contribution in [0.3, 0.4) is 0 Å². The maximum Gasteiger partial charge on any atom is 0.306 e. The van der Waals surface area contributed by atoms with Crippen molar-refractivity contribution in [2.45, 2.75) is 25.7 Å². The third-order valence-corrected chi connectivity index (χ3v) is 3.27. The molecule has 1 fully saturated rings. The van der Waals surface area contributed by atoms with Crippen LogP contribution in [0.2, 0.25) is 0 Å². The van der Waals surface area contributed by atoms with Gasteiger partial charge in [-0.05, 0) is 37.2 Å². The zero-order valence-electron chi connectivity index (χ0n) is 8.73. The Morgan fingerprint density at radius 1 is 1.27 bits per heavy atom. The second-order valence-electron chi connectivity index (χ2n) is 4.40. The molecule has 0 aliphatic heterocycles. The molecule has 80 valence electrons. The van der Waals surface area contributed by atoms with E-state index in [9.17, 15) is 4.79 Å². The average Bonchev–Trinajstić information content (AvgIpc) is 2.16. The fourth-order valence-corrected chi connectivity index (χ4v) is 2.19. The molecular formula is C13H16O2. The van der Waals surface area contributed by atoms with Gasteiger partial charge in [-0.25, -0.2) is 0 Å². The largest absolute Gasteiger partial charge is 0.481 e. The van der Waals surface area contributed by atoms with Gasteiger partial charge in [-0.15, -0.1) is 0 Å². The summed E-state index contributed by atoms with van der Waals surface area (Å²) in [6.45, 7) is 0. The van der Waals surface area contributed by atoms with E-state index in [1.54, 1.807) is 0 Å². The van der Waals surface area contributed by atoms with Crippen LogP contribution < -0.4 is 0 Å². The molecule has 1 aliphatic rings. The first kappa shape index (κ1) is 10.2. The first-order chi connectivity index (χ1) is 7.25. The number of hydrogen-bond donors (Lipinski definition) is 1. The van der Waals surface area contributed by atoms with Crippen LogP contribution in [0.4, 0.5) is 0 Å². The summed E-state index contributed by atoms with van der Waals surface area (Å²) in [5, 5.41) is 8.74. The summed E-state index contributed by atoms with van der Waals surface area (Å²) in [7, 11) is 0. The summed E-state index contributed by atoms with van der Waals surface area (Å²) in [5.41, 5.74) is 1.36. The molecule has 0 amide bonds. The van der Waals surface area contributed by atoms with Crippen molar-refractivity contribution in [3.63, 3.8) is 0 Å². The van der Waals surface area contributed by atoms with Crippen LogP contribution in [-0.2, 0) is 11.2 Å². The Kier molecular flexibility index (Phi) is 3.05. The van der Waals surface area contributed by atoms with Gasteiger partial charge in [-0.2, -0.15) is 0 Å². The minimum absolute atomic E-state index is 0.0641. The highest BCUT2D eigenvalue weighted by Gasteiger charge is 2.33. The van der Waals surface area contributed by atoms with Crippen molar-refractivity contribution < 1.29 is 9.90 Å². The van der Waals surface area contributed by atoms with Crippen LogP contribution in [0, 0.1) is 11.8 Å². The maximum atomic E-state index is 10.6. The van der Waals surface area contributed by atoms with Crippen molar-refractivity contribution in [3.05, 3.63) is 35.9 Å². The van der Waals surface area contributed by atoms with Gasteiger partial charge in [-0.1, -0.05) is 30.3 Å². The van der Waals surface area contributed by atoms with E-state index in [0.717, 1.165) is 25.7 Å². The molecule has 1 aliphatic carbocycles.